The third-order valence-corrected chi connectivity index (χ3v) is 0.687. The van der Waals surface area contributed by atoms with Gasteiger partial charge in [-0.25, -0.2) is 0 Å². The van der Waals surface area contributed by atoms with Gasteiger partial charge < -0.3 is 36.4 Å². The van der Waals surface area contributed by atoms with Gasteiger partial charge in [0.15, 0.2) is 0 Å². The molecular formula is C3H7CaN6O4P. The van der Waals surface area contributed by atoms with Crippen LogP contribution in [0.2, 0.25) is 0 Å². The molecule has 0 spiro atoms. The number of hydrogen-bond acceptors (Lipinski definition) is 9. The number of anilines is 3. The van der Waals surface area contributed by atoms with Gasteiger partial charge in [-0.05, 0) is 0 Å². The fraction of sp³-hybridized carbons (Fsp3) is 0. The summed E-state index contributed by atoms with van der Waals surface area (Å²) in [5.74, 6) is 0.125. The summed E-state index contributed by atoms with van der Waals surface area (Å²) in [4.78, 5) is 34.7. The van der Waals surface area contributed by atoms with E-state index in [1.165, 1.54) is 0 Å². The number of hydrogen-bond donors (Lipinski definition) is 4. The second kappa shape index (κ2) is 7.12. The molecule has 0 bridgehead atoms. The predicted molar refractivity (Wildman–Crippen MR) is 48.6 cm³/mol. The number of aromatic nitrogens is 3. The van der Waals surface area contributed by atoms with Crippen LogP contribution < -0.4 is 27.0 Å². The molecular weight excluding hydrogens is 255 g/mol. The van der Waals surface area contributed by atoms with Crippen LogP contribution in [0, 0.1) is 0 Å². The van der Waals surface area contributed by atoms with Crippen LogP contribution in [0.3, 0.4) is 0 Å². The van der Waals surface area contributed by atoms with Crippen molar-refractivity contribution >= 4 is 63.4 Å². The van der Waals surface area contributed by atoms with Crippen LogP contribution >= 0.6 is 7.82 Å². The van der Waals surface area contributed by atoms with Crippen molar-refractivity contribution in [2.24, 2.45) is 0 Å². The second-order valence-electron chi connectivity index (χ2n) is 1.88. The van der Waals surface area contributed by atoms with Gasteiger partial charge in [0.1, 0.15) is 0 Å². The molecule has 0 fully saturated rings. The summed E-state index contributed by atoms with van der Waals surface area (Å²) in [5, 5.41) is 0. The minimum atomic E-state index is -5.14. The number of phosphoric acid groups is 1. The number of rotatable bonds is 0. The summed E-state index contributed by atoms with van der Waals surface area (Å²) in [6.45, 7) is 0. The topological polar surface area (TPSA) is 200 Å². The van der Waals surface area contributed by atoms with Crippen molar-refractivity contribution in [2.45, 2.75) is 0 Å². The molecule has 80 valence electrons. The number of nitrogen functional groups attached to an aromatic ring is 3. The fourth-order valence-electron chi connectivity index (χ4n) is 0.427. The smallest absolute Gasteiger partial charge is 0.790 e. The van der Waals surface area contributed by atoms with Gasteiger partial charge in [0.25, 0.3) is 0 Å². The van der Waals surface area contributed by atoms with E-state index in [9.17, 15) is 0 Å². The molecule has 0 saturated heterocycles. The predicted octanol–water partition coefficient (Wildman–Crippen LogP) is -3.96. The molecule has 7 N–H and O–H groups in total. The average molecular weight is 262 g/mol. The van der Waals surface area contributed by atoms with E-state index in [1.54, 1.807) is 0 Å². The van der Waals surface area contributed by atoms with E-state index in [-0.39, 0.29) is 55.6 Å². The van der Waals surface area contributed by atoms with Crippen LogP contribution in [0.15, 0.2) is 0 Å². The van der Waals surface area contributed by atoms with Gasteiger partial charge >= 0.3 is 37.7 Å². The van der Waals surface area contributed by atoms with Crippen molar-refractivity contribution < 1.29 is 19.2 Å². The second-order valence-corrected chi connectivity index (χ2v) is 2.82. The molecule has 1 aromatic rings. The zero-order valence-electron chi connectivity index (χ0n) is 7.40. The average Bonchev–Trinajstić information content (AvgIpc) is 1.77. The maximum absolute atomic E-state index is 8.66. The van der Waals surface area contributed by atoms with Crippen LogP contribution in [0.4, 0.5) is 17.8 Å². The third kappa shape index (κ3) is 13.8. The Morgan fingerprint density at radius 1 is 1.00 bits per heavy atom. The summed E-state index contributed by atoms with van der Waals surface area (Å²) in [5.41, 5.74) is 15.4. The SMILES string of the molecule is Nc1nc(N)nc(N)n1.O=P([O-])([O-])O.[Ca+2]. The van der Waals surface area contributed by atoms with Crippen molar-refractivity contribution in [1.29, 1.82) is 0 Å². The molecule has 1 heterocycles. The molecule has 0 aliphatic heterocycles. The first kappa shape index (κ1) is 17.2. The van der Waals surface area contributed by atoms with E-state index in [0.29, 0.717) is 0 Å². The summed E-state index contributed by atoms with van der Waals surface area (Å²) < 4.78 is 8.66. The van der Waals surface area contributed by atoms with Gasteiger partial charge in [0.2, 0.25) is 17.8 Å². The molecule has 0 aromatic carbocycles. The molecule has 1 aromatic heterocycles. The molecule has 15 heavy (non-hydrogen) atoms. The van der Waals surface area contributed by atoms with Gasteiger partial charge in [-0.2, -0.15) is 15.0 Å². The van der Waals surface area contributed by atoms with Crippen LogP contribution in [0.5, 0.6) is 0 Å². The summed E-state index contributed by atoms with van der Waals surface area (Å²) in [7, 11) is -5.14. The zero-order chi connectivity index (χ0) is 11.4. The first-order valence-electron chi connectivity index (χ1n) is 2.96. The fourth-order valence-corrected chi connectivity index (χ4v) is 0.427. The monoisotopic (exact) mass is 262 g/mol. The molecule has 0 radical (unpaired) electrons. The van der Waals surface area contributed by atoms with Crippen LogP contribution in [0.25, 0.3) is 0 Å². The molecule has 0 unspecified atom stereocenters. The van der Waals surface area contributed by atoms with E-state index < -0.39 is 7.82 Å². The van der Waals surface area contributed by atoms with E-state index in [2.05, 4.69) is 15.0 Å². The standard InChI is InChI=1S/C3H6N6.Ca.H3O4P/c4-1-7-2(5)9-3(6)8-1;;1-5(2,3)4/h(H6,4,5,6,7,8,9);;(H3,1,2,3,4)/q;+2;/p-2. The van der Waals surface area contributed by atoms with Crippen molar-refractivity contribution in [1.82, 2.24) is 15.0 Å². The Kier molecular flexibility index (Phi) is 8.16. The Labute approximate surface area is 114 Å². The summed E-state index contributed by atoms with van der Waals surface area (Å²) in [6, 6.07) is 0. The Morgan fingerprint density at radius 2 is 1.13 bits per heavy atom. The minimum absolute atomic E-state index is 0. The Balaban J connectivity index is 0. The quantitative estimate of drug-likeness (QED) is 0.264. The molecule has 10 nitrogen and oxygen atoms in total. The summed E-state index contributed by atoms with van der Waals surface area (Å²) in [6.07, 6.45) is 0. The van der Waals surface area contributed by atoms with Crippen molar-refractivity contribution in [3.63, 3.8) is 0 Å². The van der Waals surface area contributed by atoms with Gasteiger partial charge in [0, 0.05) is 0 Å². The van der Waals surface area contributed by atoms with Crippen LogP contribution in [0.1, 0.15) is 0 Å². The Hall–Kier alpha value is -0.220. The maximum Gasteiger partial charge on any atom is 2.00 e. The van der Waals surface area contributed by atoms with Gasteiger partial charge in [-0.15, -0.1) is 0 Å². The Morgan fingerprint density at radius 3 is 1.27 bits per heavy atom. The van der Waals surface area contributed by atoms with Gasteiger partial charge in [-0.3, -0.25) is 0 Å². The normalized spacial score (nSPS) is 9.53. The first-order chi connectivity index (χ1) is 6.18. The van der Waals surface area contributed by atoms with Crippen LogP contribution in [-0.2, 0) is 4.57 Å². The van der Waals surface area contributed by atoms with E-state index in [4.69, 9.17) is 36.4 Å². The van der Waals surface area contributed by atoms with E-state index in [1.807, 2.05) is 0 Å². The zero-order valence-corrected chi connectivity index (χ0v) is 10.5. The summed E-state index contributed by atoms with van der Waals surface area (Å²) >= 11 is 0. The van der Waals surface area contributed by atoms with Crippen molar-refractivity contribution in [2.75, 3.05) is 17.2 Å². The molecule has 0 amide bonds. The van der Waals surface area contributed by atoms with Crippen LogP contribution in [-0.4, -0.2) is 57.6 Å². The molecule has 0 aliphatic carbocycles. The number of nitrogens with zero attached hydrogens (tertiary/aromatic N) is 3. The van der Waals surface area contributed by atoms with Crippen molar-refractivity contribution in [3.8, 4) is 0 Å². The van der Waals surface area contributed by atoms with Gasteiger partial charge in [-0.1, -0.05) is 0 Å². The molecule has 0 saturated carbocycles. The van der Waals surface area contributed by atoms with E-state index in [0.717, 1.165) is 0 Å². The largest absolute Gasteiger partial charge is 2.00 e. The molecule has 12 heteroatoms. The minimum Gasteiger partial charge on any atom is -0.790 e. The third-order valence-electron chi connectivity index (χ3n) is 0.687. The molecule has 1 rings (SSSR count). The van der Waals surface area contributed by atoms with E-state index >= 15 is 0 Å². The van der Waals surface area contributed by atoms with Crippen molar-refractivity contribution in [3.05, 3.63) is 0 Å². The molecule has 0 atom stereocenters. The first-order valence-corrected chi connectivity index (χ1v) is 4.45. The Bertz CT molecular complexity index is 297. The number of nitrogens with two attached hydrogens (primary N) is 3. The molecule has 0 aliphatic rings. The van der Waals surface area contributed by atoms with Gasteiger partial charge in [0.05, 0.1) is 7.82 Å². The maximum atomic E-state index is 8.66.